The van der Waals surface area contributed by atoms with Crippen molar-refractivity contribution in [2.24, 2.45) is 0 Å². The maximum Gasteiger partial charge on any atom is 0.274 e. The minimum Gasteiger partial charge on any atom is -0.337 e. The Kier molecular flexibility index (Phi) is 4.73. The molecule has 0 N–H and O–H groups in total. The topological polar surface area (TPSA) is 83.8 Å². The van der Waals surface area contributed by atoms with Crippen molar-refractivity contribution < 1.29 is 14.5 Å². The molecule has 0 saturated carbocycles. The average molecular weight is 363 g/mol. The first-order valence-electron chi connectivity index (χ1n) is 8.34. The number of likely N-dealkylation sites (N-methyl/N-ethyl adjacent to an activating group) is 1. The third kappa shape index (κ3) is 3.10. The molecule has 8 heteroatoms. The van der Waals surface area contributed by atoms with Crippen molar-refractivity contribution in [1.82, 2.24) is 9.80 Å². The summed E-state index contributed by atoms with van der Waals surface area (Å²) in [5.41, 5.74) is 0.514. The first kappa shape index (κ1) is 17.7. The molecule has 3 rings (SSSR count). The minimum absolute atomic E-state index is 0.0108. The Morgan fingerprint density at radius 1 is 1.48 bits per heavy atom. The molecule has 0 aliphatic carbocycles. The largest absolute Gasteiger partial charge is 0.337 e. The van der Waals surface area contributed by atoms with E-state index >= 15 is 0 Å². The van der Waals surface area contributed by atoms with Crippen LogP contribution in [0.15, 0.2) is 24.3 Å². The van der Waals surface area contributed by atoms with Gasteiger partial charge in [0, 0.05) is 30.3 Å². The highest BCUT2D eigenvalue weighted by atomic mass is 32.2. The average Bonchev–Trinajstić information content (AvgIpc) is 3.08. The summed E-state index contributed by atoms with van der Waals surface area (Å²) in [6, 6.07) is 5.98. The first-order valence-corrected chi connectivity index (χ1v) is 9.33. The van der Waals surface area contributed by atoms with Gasteiger partial charge in [-0.25, -0.2) is 0 Å². The van der Waals surface area contributed by atoms with Crippen molar-refractivity contribution in [3.63, 3.8) is 0 Å². The lowest BCUT2D eigenvalue weighted by molar-refractivity contribution is -0.385. The Balaban J connectivity index is 1.81. The number of fused-ring (bicyclic) bond motifs is 1. The number of thioether (sulfide) groups is 1. The van der Waals surface area contributed by atoms with Crippen molar-refractivity contribution in [1.29, 1.82) is 0 Å². The zero-order chi connectivity index (χ0) is 18.2. The van der Waals surface area contributed by atoms with Crippen LogP contribution in [0.3, 0.4) is 0 Å². The molecule has 25 heavy (non-hydrogen) atoms. The molecule has 0 aromatic heterocycles. The van der Waals surface area contributed by atoms with Gasteiger partial charge in [0.05, 0.1) is 16.3 Å². The van der Waals surface area contributed by atoms with Crippen LogP contribution in [-0.2, 0) is 16.1 Å². The van der Waals surface area contributed by atoms with Gasteiger partial charge in [-0.15, -0.1) is 11.8 Å². The molecule has 0 spiro atoms. The van der Waals surface area contributed by atoms with Crippen LogP contribution in [0.25, 0.3) is 0 Å². The third-order valence-corrected chi connectivity index (χ3v) is 6.48. The zero-order valence-electron chi connectivity index (χ0n) is 14.3. The molecule has 134 valence electrons. The summed E-state index contributed by atoms with van der Waals surface area (Å²) in [5.74, 6) is 0.466. The van der Waals surface area contributed by atoms with Gasteiger partial charge in [0.2, 0.25) is 11.8 Å². The summed E-state index contributed by atoms with van der Waals surface area (Å²) in [6.45, 7) is 4.46. The number of carbonyl (C=O) groups is 2. The Bertz CT molecular complexity index is 726. The van der Waals surface area contributed by atoms with Crippen LogP contribution in [0.5, 0.6) is 0 Å². The summed E-state index contributed by atoms with van der Waals surface area (Å²) in [5, 5.41) is 11.2. The van der Waals surface area contributed by atoms with E-state index in [0.29, 0.717) is 24.3 Å². The van der Waals surface area contributed by atoms with Gasteiger partial charge < -0.3 is 9.80 Å². The number of rotatable bonds is 5. The molecule has 2 aliphatic heterocycles. The highest BCUT2D eigenvalue weighted by molar-refractivity contribution is 8.01. The summed E-state index contributed by atoms with van der Waals surface area (Å²) >= 11 is 1.65. The lowest BCUT2D eigenvalue weighted by Crippen LogP contribution is -2.51. The van der Waals surface area contributed by atoms with Crippen molar-refractivity contribution in [2.45, 2.75) is 44.1 Å². The molecule has 1 aromatic rings. The molecular weight excluding hydrogens is 342 g/mol. The second kappa shape index (κ2) is 6.67. The molecule has 2 fully saturated rings. The van der Waals surface area contributed by atoms with Crippen LogP contribution in [-0.4, -0.2) is 49.7 Å². The number of para-hydroxylation sites is 1. The Morgan fingerprint density at radius 2 is 2.20 bits per heavy atom. The number of benzene rings is 1. The van der Waals surface area contributed by atoms with Gasteiger partial charge in [0.1, 0.15) is 6.04 Å². The van der Waals surface area contributed by atoms with Crippen LogP contribution >= 0.6 is 11.8 Å². The SMILES string of the molecule is CCN(Cc1ccccc1[N+](=O)[O-])C(=O)C1CSC2(C)CCC(=O)N12. The molecule has 2 amide bonds. The van der Waals surface area contributed by atoms with E-state index in [2.05, 4.69) is 0 Å². The van der Waals surface area contributed by atoms with E-state index in [1.54, 1.807) is 39.8 Å². The molecule has 2 aliphatic rings. The minimum atomic E-state index is -0.479. The molecule has 2 heterocycles. The number of nitro benzene ring substituents is 1. The third-order valence-electron chi connectivity index (χ3n) is 4.97. The maximum atomic E-state index is 13.0. The normalized spacial score (nSPS) is 25.1. The quantitative estimate of drug-likeness (QED) is 0.592. The van der Waals surface area contributed by atoms with Crippen LogP contribution in [0.1, 0.15) is 32.3 Å². The number of hydrogen-bond acceptors (Lipinski definition) is 5. The van der Waals surface area contributed by atoms with Crippen molar-refractivity contribution in [3.8, 4) is 0 Å². The van der Waals surface area contributed by atoms with E-state index in [1.165, 1.54) is 6.07 Å². The van der Waals surface area contributed by atoms with Gasteiger partial charge in [-0.2, -0.15) is 0 Å². The predicted octanol–water partition coefficient (Wildman–Crippen LogP) is 2.40. The number of amides is 2. The van der Waals surface area contributed by atoms with Crippen LogP contribution in [0, 0.1) is 10.1 Å². The van der Waals surface area contributed by atoms with E-state index in [4.69, 9.17) is 0 Å². The van der Waals surface area contributed by atoms with Crippen molar-refractivity contribution in [3.05, 3.63) is 39.9 Å². The van der Waals surface area contributed by atoms with Gasteiger partial charge in [-0.3, -0.25) is 19.7 Å². The Labute approximate surface area is 150 Å². The van der Waals surface area contributed by atoms with Gasteiger partial charge in [-0.1, -0.05) is 18.2 Å². The number of hydrogen-bond donors (Lipinski definition) is 0. The standard InChI is InChI=1S/C17H21N3O4S/c1-3-18(10-12-6-4-5-7-13(12)20(23)24)16(22)14-11-25-17(2)9-8-15(21)19(14)17/h4-7,14H,3,8-11H2,1-2H3. The monoisotopic (exact) mass is 363 g/mol. The molecule has 0 radical (unpaired) electrons. The maximum absolute atomic E-state index is 13.0. The second-order valence-electron chi connectivity index (χ2n) is 6.50. The fourth-order valence-corrected chi connectivity index (χ4v) is 5.01. The van der Waals surface area contributed by atoms with Gasteiger partial charge >= 0.3 is 0 Å². The lowest BCUT2D eigenvalue weighted by Gasteiger charge is -2.32. The number of nitro groups is 1. The van der Waals surface area contributed by atoms with Crippen molar-refractivity contribution in [2.75, 3.05) is 12.3 Å². The summed E-state index contributed by atoms with van der Waals surface area (Å²) in [7, 11) is 0. The van der Waals surface area contributed by atoms with E-state index in [-0.39, 0.29) is 28.9 Å². The molecule has 7 nitrogen and oxygen atoms in total. The van der Waals surface area contributed by atoms with E-state index < -0.39 is 11.0 Å². The lowest BCUT2D eigenvalue weighted by atomic mass is 10.1. The number of nitrogens with zero attached hydrogens (tertiary/aromatic N) is 3. The van der Waals surface area contributed by atoms with E-state index in [1.807, 2.05) is 13.8 Å². The summed E-state index contributed by atoms with van der Waals surface area (Å²) in [4.78, 5) is 39.1. The van der Waals surface area contributed by atoms with Crippen molar-refractivity contribution >= 4 is 29.3 Å². The van der Waals surface area contributed by atoms with Gasteiger partial charge in [0.25, 0.3) is 5.69 Å². The number of carbonyl (C=O) groups excluding carboxylic acids is 2. The van der Waals surface area contributed by atoms with Gasteiger partial charge in [-0.05, 0) is 20.3 Å². The fraction of sp³-hybridized carbons (Fsp3) is 0.529. The highest BCUT2D eigenvalue weighted by Gasteiger charge is 2.53. The second-order valence-corrected chi connectivity index (χ2v) is 8.01. The summed E-state index contributed by atoms with van der Waals surface area (Å²) < 4.78 is 0. The Hall–Kier alpha value is -2.09. The van der Waals surface area contributed by atoms with E-state index in [0.717, 1.165) is 6.42 Å². The fourth-order valence-electron chi connectivity index (χ4n) is 3.59. The summed E-state index contributed by atoms with van der Waals surface area (Å²) in [6.07, 6.45) is 1.24. The molecule has 0 bridgehead atoms. The van der Waals surface area contributed by atoms with E-state index in [9.17, 15) is 19.7 Å². The predicted molar refractivity (Wildman–Crippen MR) is 94.9 cm³/mol. The zero-order valence-corrected chi connectivity index (χ0v) is 15.1. The van der Waals surface area contributed by atoms with Gasteiger partial charge in [0.15, 0.2) is 0 Å². The smallest absolute Gasteiger partial charge is 0.274 e. The first-order chi connectivity index (χ1) is 11.9. The molecule has 2 saturated heterocycles. The molecular formula is C17H21N3O4S. The van der Waals surface area contributed by atoms with Crippen LogP contribution < -0.4 is 0 Å². The Morgan fingerprint density at radius 3 is 2.88 bits per heavy atom. The molecule has 1 aromatic carbocycles. The van der Waals surface area contributed by atoms with Crippen LogP contribution in [0.4, 0.5) is 5.69 Å². The molecule has 2 unspecified atom stereocenters. The molecule has 2 atom stereocenters. The highest BCUT2D eigenvalue weighted by Crippen LogP contribution is 2.47. The van der Waals surface area contributed by atoms with Crippen LogP contribution in [0.2, 0.25) is 0 Å².